The third-order valence-corrected chi connectivity index (χ3v) is 2.53. The quantitative estimate of drug-likeness (QED) is 0.0863. The molecule has 35 heavy (non-hydrogen) atoms. The fourth-order valence-corrected chi connectivity index (χ4v) is 1.10. The largest absolute Gasteiger partial charge is 0.481 e. The number of nitrogens with two attached hydrogens (primary N) is 2. The number of rotatable bonds is 14. The molecule has 0 saturated carbocycles. The molecule has 0 heterocycles. The van der Waals surface area contributed by atoms with Crippen LogP contribution in [0.5, 0.6) is 0 Å². The molecule has 0 unspecified atom stereocenters. The van der Waals surface area contributed by atoms with Crippen LogP contribution in [-0.4, -0.2) is 95.3 Å². The number of alkyl halides is 6. The van der Waals surface area contributed by atoms with Gasteiger partial charge in [0.15, 0.2) is 14.6 Å². The van der Waals surface area contributed by atoms with Gasteiger partial charge in [-0.05, 0) is 0 Å². The molecule has 0 spiro atoms. The Labute approximate surface area is 206 Å². The Kier molecular flexibility index (Phi) is 41.4. The highest BCUT2D eigenvalue weighted by atomic mass is 35.5. The van der Waals surface area contributed by atoms with Gasteiger partial charge >= 0.3 is 5.97 Å². The maximum atomic E-state index is 11.5. The highest BCUT2D eigenvalue weighted by Gasteiger charge is 2.05. The Balaban J connectivity index is -0.000000118. The van der Waals surface area contributed by atoms with Gasteiger partial charge in [-0.3, -0.25) is 14.4 Å². The Morgan fingerprint density at radius 3 is 1.43 bits per heavy atom. The molecule has 0 fully saturated rings. The molecule has 0 aliphatic carbocycles. The number of carbonyl (C=O) groups is 5. The standard InChI is InChI=1S/C6H9BF2NO2.C4H6BO3.C4H8F2N2O.C2H5F2N.ClH/c8-5(9)3-10-6(12)1-2-7-4-11;6-3-5-2-1-4(7)8;5-3(6)2-8-4(9)1-7;3-2(4)1-5;/h4-5H,1-3H2,(H,10,12);3H,1-2H2,(H,7,8);3H,1-2,7H2,(H,8,9);2H,1,5H2;1H. The van der Waals surface area contributed by atoms with E-state index in [-0.39, 0.29) is 31.8 Å². The van der Waals surface area contributed by atoms with Gasteiger partial charge in [0.25, 0.3) is 19.3 Å². The molecule has 0 bridgehead atoms. The third kappa shape index (κ3) is 59.4. The summed E-state index contributed by atoms with van der Waals surface area (Å²) < 4.78 is 66.8. The van der Waals surface area contributed by atoms with Crippen molar-refractivity contribution in [1.29, 1.82) is 0 Å². The summed E-state index contributed by atoms with van der Waals surface area (Å²) in [6.45, 7) is -2.01. The molecule has 7 N–H and O–H groups in total. The minimum Gasteiger partial charge on any atom is -0.481 e. The van der Waals surface area contributed by atoms with Gasteiger partial charge in [-0.1, -0.05) is 12.6 Å². The highest BCUT2D eigenvalue weighted by molar-refractivity contribution is 6.67. The lowest BCUT2D eigenvalue weighted by atomic mass is 9.76. The first-order chi connectivity index (χ1) is 15.9. The second-order valence-corrected chi connectivity index (χ2v) is 5.44. The Morgan fingerprint density at radius 1 is 0.771 bits per heavy atom. The van der Waals surface area contributed by atoms with Gasteiger partial charge in [0.1, 0.15) is 0 Å². The second kappa shape index (κ2) is 33.8. The van der Waals surface area contributed by atoms with Crippen LogP contribution in [0.4, 0.5) is 26.3 Å². The first-order valence-corrected chi connectivity index (χ1v) is 9.41. The van der Waals surface area contributed by atoms with E-state index in [1.54, 1.807) is 0 Å². The van der Waals surface area contributed by atoms with Crippen LogP contribution < -0.4 is 22.1 Å². The molecule has 0 aromatic carbocycles. The van der Waals surface area contributed by atoms with Gasteiger partial charge in [0.2, 0.25) is 11.8 Å². The number of amides is 2. The number of hydrogen-bond donors (Lipinski definition) is 5. The van der Waals surface area contributed by atoms with E-state index in [0.29, 0.717) is 25.0 Å². The average Bonchev–Trinajstić information content (AvgIpc) is 2.77. The minimum absolute atomic E-state index is 0. The SMILES string of the molecule is Cl.NCC(=O)NCC(F)F.NCC(F)F.O=C[B]CCC(=O)NCC(F)F.O=C[B]CCC(=O)O. The summed E-state index contributed by atoms with van der Waals surface area (Å²) in [5, 5.41) is 11.9. The van der Waals surface area contributed by atoms with Gasteiger partial charge in [0, 0.05) is 12.8 Å². The molecule has 19 heteroatoms. The Bertz CT molecular complexity index is 547. The summed E-state index contributed by atoms with van der Waals surface area (Å²) in [6.07, 6.45) is -5.45. The molecule has 0 aliphatic heterocycles. The molecule has 10 nitrogen and oxygen atoms in total. The number of nitrogens with one attached hydrogen (secondary N) is 2. The summed E-state index contributed by atoms with van der Waals surface area (Å²) >= 11 is 0. The van der Waals surface area contributed by atoms with E-state index in [2.05, 4.69) is 5.73 Å². The van der Waals surface area contributed by atoms with E-state index >= 15 is 0 Å². The molecule has 2 amide bonds. The summed E-state index contributed by atoms with van der Waals surface area (Å²) in [6, 6.07) is 0. The lowest BCUT2D eigenvalue weighted by Gasteiger charge is -2.01. The monoisotopic (exact) mass is 544 g/mol. The van der Waals surface area contributed by atoms with Crippen molar-refractivity contribution in [2.75, 3.05) is 26.2 Å². The summed E-state index contributed by atoms with van der Waals surface area (Å²) in [4.78, 5) is 49.8. The van der Waals surface area contributed by atoms with Crippen LogP contribution in [0.3, 0.4) is 0 Å². The van der Waals surface area contributed by atoms with Crippen LogP contribution in [0.2, 0.25) is 12.6 Å². The van der Waals surface area contributed by atoms with Crippen LogP contribution in [-0.2, 0) is 24.0 Å². The lowest BCUT2D eigenvalue weighted by Crippen LogP contribution is -2.33. The average molecular weight is 544 g/mol. The summed E-state index contributed by atoms with van der Waals surface area (Å²) in [5.74, 6) is -1.90. The van der Waals surface area contributed by atoms with Gasteiger partial charge in [-0.15, -0.1) is 12.4 Å². The molecular formula is C16H29B2ClF6N4O6. The van der Waals surface area contributed by atoms with Crippen LogP contribution >= 0.6 is 12.4 Å². The smallest absolute Gasteiger partial charge is 0.302 e. The lowest BCUT2D eigenvalue weighted by molar-refractivity contribution is -0.136. The predicted molar refractivity (Wildman–Crippen MR) is 121 cm³/mol. The zero-order valence-corrected chi connectivity index (χ0v) is 19.3. The third-order valence-electron chi connectivity index (χ3n) is 2.53. The molecule has 0 rings (SSSR count). The molecule has 0 aliphatic rings. The Hall–Kier alpha value is -2.33. The van der Waals surface area contributed by atoms with Crippen molar-refractivity contribution in [3.05, 3.63) is 0 Å². The van der Waals surface area contributed by atoms with Crippen molar-refractivity contribution in [2.45, 2.75) is 44.8 Å². The first kappa shape index (κ1) is 42.8. The summed E-state index contributed by atoms with van der Waals surface area (Å²) in [5.41, 5.74) is 9.22. The summed E-state index contributed by atoms with van der Waals surface area (Å²) in [7, 11) is 2.55. The zero-order valence-electron chi connectivity index (χ0n) is 18.5. The van der Waals surface area contributed by atoms with Crippen molar-refractivity contribution in [1.82, 2.24) is 10.6 Å². The van der Waals surface area contributed by atoms with Gasteiger partial charge in [0.05, 0.1) is 38.6 Å². The van der Waals surface area contributed by atoms with E-state index in [4.69, 9.17) is 10.8 Å². The zero-order chi connectivity index (χ0) is 27.4. The van der Waals surface area contributed by atoms with Crippen LogP contribution in [0.15, 0.2) is 0 Å². The normalized spacial score (nSPS) is 9.00. The van der Waals surface area contributed by atoms with Crippen LogP contribution in [0.25, 0.3) is 0 Å². The maximum Gasteiger partial charge on any atom is 0.302 e. The van der Waals surface area contributed by atoms with Crippen molar-refractivity contribution in [2.24, 2.45) is 11.5 Å². The first-order valence-electron chi connectivity index (χ1n) is 9.41. The van der Waals surface area contributed by atoms with Gasteiger partial charge < -0.3 is 36.8 Å². The van der Waals surface area contributed by atoms with E-state index in [9.17, 15) is 50.3 Å². The van der Waals surface area contributed by atoms with Crippen molar-refractivity contribution < 1.29 is 55.4 Å². The molecule has 0 aromatic heterocycles. The molecule has 0 aromatic rings. The fourth-order valence-electron chi connectivity index (χ4n) is 1.10. The highest BCUT2D eigenvalue weighted by Crippen LogP contribution is 1.91. The van der Waals surface area contributed by atoms with Crippen molar-refractivity contribution in [3.63, 3.8) is 0 Å². The molecule has 0 saturated heterocycles. The number of hydrogen-bond acceptors (Lipinski definition) is 7. The minimum atomic E-state index is -2.52. The van der Waals surface area contributed by atoms with E-state index in [1.807, 2.05) is 10.6 Å². The predicted octanol–water partition coefficient (Wildman–Crippen LogP) is -0.197. The Morgan fingerprint density at radius 2 is 1.14 bits per heavy atom. The van der Waals surface area contributed by atoms with E-state index < -0.39 is 56.7 Å². The number of carboxylic acids is 1. The molecule has 0 atom stereocenters. The van der Waals surface area contributed by atoms with Crippen LogP contribution in [0.1, 0.15) is 12.8 Å². The maximum absolute atomic E-state index is 11.5. The van der Waals surface area contributed by atoms with Crippen molar-refractivity contribution in [3.8, 4) is 0 Å². The fraction of sp³-hybridized carbons (Fsp3) is 0.688. The molecule has 2 radical (unpaired) electrons. The number of aliphatic carboxylic acids is 1. The second-order valence-electron chi connectivity index (χ2n) is 5.44. The van der Waals surface area contributed by atoms with Crippen LogP contribution in [0, 0.1) is 0 Å². The van der Waals surface area contributed by atoms with E-state index in [0.717, 1.165) is 0 Å². The van der Waals surface area contributed by atoms with Gasteiger partial charge in [-0.2, -0.15) is 0 Å². The molecule has 204 valence electrons. The number of carboxylic acid groups (broad SMARTS) is 1. The van der Waals surface area contributed by atoms with Gasteiger partial charge in [-0.25, -0.2) is 26.3 Å². The van der Waals surface area contributed by atoms with E-state index in [1.165, 1.54) is 14.6 Å². The van der Waals surface area contributed by atoms with Crippen molar-refractivity contribution >= 4 is 57.1 Å². The topological polar surface area (TPSA) is 182 Å². The number of carbonyl (C=O) groups excluding carboxylic acids is 4. The number of halogens is 7. The molecular weight excluding hydrogens is 515 g/mol.